The van der Waals surface area contributed by atoms with Crippen molar-refractivity contribution in [3.05, 3.63) is 95.1 Å². The highest BCUT2D eigenvalue weighted by Gasteiger charge is 2.29. The maximum absolute atomic E-state index is 13.0. The molecule has 0 fully saturated rings. The average molecular weight is 471 g/mol. The van der Waals surface area contributed by atoms with Crippen LogP contribution in [-0.4, -0.2) is 35.7 Å². The Kier molecular flexibility index (Phi) is 7.06. The molecule has 3 N–H and O–H groups in total. The van der Waals surface area contributed by atoms with E-state index in [2.05, 4.69) is 5.32 Å². The Labute approximate surface area is 203 Å². The Hall–Kier alpha value is -4.26. The van der Waals surface area contributed by atoms with E-state index in [0.717, 1.165) is 16.7 Å². The summed E-state index contributed by atoms with van der Waals surface area (Å²) < 4.78 is 5.56. The van der Waals surface area contributed by atoms with Gasteiger partial charge in [0.25, 0.3) is 5.91 Å². The van der Waals surface area contributed by atoms with Crippen LogP contribution in [0.25, 0.3) is 11.1 Å². The number of hydrogen-bond acceptors (Lipinski definition) is 5. The van der Waals surface area contributed by atoms with Crippen molar-refractivity contribution in [3.8, 4) is 11.1 Å². The number of amides is 2. The molecule has 3 aromatic rings. The molecule has 0 aromatic heterocycles. The predicted octanol–water partition coefficient (Wildman–Crippen LogP) is 3.44. The number of esters is 1. The molecule has 35 heavy (non-hydrogen) atoms. The van der Waals surface area contributed by atoms with Crippen molar-refractivity contribution in [1.29, 1.82) is 0 Å². The molecule has 1 aliphatic carbocycles. The minimum Gasteiger partial charge on any atom is -0.461 e. The second kappa shape index (κ2) is 10.3. The topological polar surface area (TPSA) is 116 Å². The van der Waals surface area contributed by atoms with Crippen LogP contribution in [0.4, 0.5) is 0 Å². The molecule has 1 unspecified atom stereocenters. The third kappa shape index (κ3) is 5.46. The molecule has 0 saturated heterocycles. The molecular formula is C28H26N2O5. The van der Waals surface area contributed by atoms with Gasteiger partial charge < -0.3 is 15.8 Å². The number of primary amides is 1. The molecule has 0 spiro atoms. The maximum Gasteiger partial charge on any atom is 0.328 e. The summed E-state index contributed by atoms with van der Waals surface area (Å²) in [5.74, 6) is -1.92. The highest BCUT2D eigenvalue weighted by atomic mass is 16.5. The number of ether oxygens (including phenoxy) is 1. The zero-order valence-corrected chi connectivity index (χ0v) is 19.3. The van der Waals surface area contributed by atoms with E-state index in [1.165, 1.54) is 6.07 Å². The van der Waals surface area contributed by atoms with Crippen molar-refractivity contribution < 1.29 is 23.9 Å². The number of carbonyl (C=O) groups excluding carboxylic acids is 4. The summed E-state index contributed by atoms with van der Waals surface area (Å²) in [5.41, 5.74) is 9.13. The number of carbonyl (C=O) groups is 4. The van der Waals surface area contributed by atoms with Gasteiger partial charge in [0.15, 0.2) is 5.78 Å². The fourth-order valence-electron chi connectivity index (χ4n) is 4.21. The molecule has 1 aliphatic rings. The summed E-state index contributed by atoms with van der Waals surface area (Å²) in [5, 5.41) is 2.65. The van der Waals surface area contributed by atoms with E-state index in [-0.39, 0.29) is 24.2 Å². The van der Waals surface area contributed by atoms with E-state index >= 15 is 0 Å². The van der Waals surface area contributed by atoms with Gasteiger partial charge >= 0.3 is 5.97 Å². The first-order chi connectivity index (χ1) is 16.8. The Morgan fingerprint density at radius 1 is 0.886 bits per heavy atom. The fourth-order valence-corrected chi connectivity index (χ4v) is 4.21. The standard InChI is InChI=1S/C28H26N2O5/c1-17(15-18-7-3-2-4-8-18)35-28(34)24(13-14-25(29)31)30-27(33)19-11-12-21-20-9-5-6-10-22(20)26(32)23(21)16-19/h2-12,16-17,24H,13-15H2,1H3,(H2,29,31)(H,30,33)/t17?,24-/m0/s1. The summed E-state index contributed by atoms with van der Waals surface area (Å²) in [7, 11) is 0. The highest BCUT2D eigenvalue weighted by molar-refractivity contribution is 6.22. The van der Waals surface area contributed by atoms with Crippen LogP contribution in [0.5, 0.6) is 0 Å². The number of fused-ring (bicyclic) bond motifs is 3. The summed E-state index contributed by atoms with van der Waals surface area (Å²) in [6.07, 6.45) is -0.0106. The minimum atomic E-state index is -1.06. The van der Waals surface area contributed by atoms with E-state index < -0.39 is 29.9 Å². The zero-order chi connectivity index (χ0) is 24.9. The minimum absolute atomic E-state index is 0.00722. The van der Waals surface area contributed by atoms with Crippen LogP contribution in [0.3, 0.4) is 0 Å². The van der Waals surface area contributed by atoms with Crippen molar-refractivity contribution in [2.45, 2.75) is 38.3 Å². The van der Waals surface area contributed by atoms with Gasteiger partial charge in [-0.3, -0.25) is 14.4 Å². The van der Waals surface area contributed by atoms with E-state index in [9.17, 15) is 19.2 Å². The van der Waals surface area contributed by atoms with Crippen molar-refractivity contribution in [2.75, 3.05) is 0 Å². The lowest BCUT2D eigenvalue weighted by Crippen LogP contribution is -2.43. The number of nitrogens with two attached hydrogens (primary N) is 1. The van der Waals surface area contributed by atoms with Gasteiger partial charge in [-0.15, -0.1) is 0 Å². The zero-order valence-electron chi connectivity index (χ0n) is 19.3. The predicted molar refractivity (Wildman–Crippen MR) is 131 cm³/mol. The first-order valence-corrected chi connectivity index (χ1v) is 11.4. The van der Waals surface area contributed by atoms with Crippen molar-refractivity contribution in [3.63, 3.8) is 0 Å². The number of hydrogen-bond donors (Lipinski definition) is 2. The summed E-state index contributed by atoms with van der Waals surface area (Å²) in [6.45, 7) is 1.77. The van der Waals surface area contributed by atoms with Crippen LogP contribution in [-0.2, 0) is 20.7 Å². The van der Waals surface area contributed by atoms with E-state index in [4.69, 9.17) is 10.5 Å². The number of ketones is 1. The smallest absolute Gasteiger partial charge is 0.328 e. The number of nitrogens with one attached hydrogen (secondary N) is 1. The van der Waals surface area contributed by atoms with Gasteiger partial charge in [0.1, 0.15) is 12.1 Å². The lowest BCUT2D eigenvalue weighted by Gasteiger charge is -2.20. The molecule has 0 radical (unpaired) electrons. The average Bonchev–Trinajstić information content (AvgIpc) is 3.13. The van der Waals surface area contributed by atoms with Gasteiger partial charge in [-0.25, -0.2) is 4.79 Å². The maximum atomic E-state index is 13.0. The molecule has 7 heteroatoms. The molecule has 178 valence electrons. The van der Waals surface area contributed by atoms with E-state index in [1.54, 1.807) is 31.2 Å². The Morgan fingerprint density at radius 3 is 2.26 bits per heavy atom. The third-order valence-corrected chi connectivity index (χ3v) is 5.94. The van der Waals surface area contributed by atoms with Crippen LogP contribution < -0.4 is 11.1 Å². The second-order valence-electron chi connectivity index (χ2n) is 8.60. The first kappa shape index (κ1) is 23.9. The Bertz CT molecular complexity index is 1290. The second-order valence-corrected chi connectivity index (χ2v) is 8.60. The van der Waals surface area contributed by atoms with Crippen LogP contribution in [0.1, 0.15) is 51.6 Å². The quantitative estimate of drug-likeness (QED) is 0.364. The van der Waals surface area contributed by atoms with Gasteiger partial charge in [-0.2, -0.15) is 0 Å². The molecule has 2 amide bonds. The first-order valence-electron chi connectivity index (χ1n) is 11.4. The normalized spacial score (nSPS) is 13.3. The molecule has 0 heterocycles. The molecule has 3 aromatic carbocycles. The van der Waals surface area contributed by atoms with Crippen molar-refractivity contribution in [1.82, 2.24) is 5.32 Å². The van der Waals surface area contributed by atoms with Gasteiger partial charge in [0.2, 0.25) is 5.91 Å². The van der Waals surface area contributed by atoms with Crippen molar-refractivity contribution in [2.24, 2.45) is 5.73 Å². The monoisotopic (exact) mass is 470 g/mol. The molecule has 7 nitrogen and oxygen atoms in total. The van der Waals surface area contributed by atoms with Crippen LogP contribution >= 0.6 is 0 Å². The van der Waals surface area contributed by atoms with Crippen LogP contribution in [0, 0.1) is 0 Å². The fraction of sp³-hybridized carbons (Fsp3) is 0.214. The highest BCUT2D eigenvalue weighted by Crippen LogP contribution is 2.36. The van der Waals surface area contributed by atoms with Crippen LogP contribution in [0.2, 0.25) is 0 Å². The lowest BCUT2D eigenvalue weighted by atomic mass is 10.0. The summed E-state index contributed by atoms with van der Waals surface area (Å²) in [4.78, 5) is 50.0. The van der Waals surface area contributed by atoms with Gasteiger partial charge in [0, 0.05) is 29.5 Å². The van der Waals surface area contributed by atoms with Gasteiger partial charge in [-0.05, 0) is 42.2 Å². The molecule has 0 saturated carbocycles. The molecule has 2 atom stereocenters. The van der Waals surface area contributed by atoms with Crippen LogP contribution in [0.15, 0.2) is 72.8 Å². The molecule has 0 aliphatic heterocycles. The van der Waals surface area contributed by atoms with E-state index in [0.29, 0.717) is 17.5 Å². The third-order valence-electron chi connectivity index (χ3n) is 5.94. The van der Waals surface area contributed by atoms with Gasteiger partial charge in [-0.1, -0.05) is 60.7 Å². The summed E-state index contributed by atoms with van der Waals surface area (Å²) in [6, 6.07) is 20.7. The Balaban J connectivity index is 1.47. The number of benzene rings is 3. The molecule has 4 rings (SSSR count). The molecular weight excluding hydrogens is 444 g/mol. The molecule has 0 bridgehead atoms. The van der Waals surface area contributed by atoms with Gasteiger partial charge in [0.05, 0.1) is 0 Å². The summed E-state index contributed by atoms with van der Waals surface area (Å²) >= 11 is 0. The largest absolute Gasteiger partial charge is 0.461 e. The Morgan fingerprint density at radius 2 is 1.54 bits per heavy atom. The van der Waals surface area contributed by atoms with E-state index in [1.807, 2.05) is 42.5 Å². The number of rotatable bonds is 9. The van der Waals surface area contributed by atoms with Crippen molar-refractivity contribution >= 4 is 23.6 Å². The SMILES string of the molecule is CC(Cc1ccccc1)OC(=O)[C@H](CCC(N)=O)NC(=O)c1ccc2c(c1)C(=O)c1ccccc1-2. The lowest BCUT2D eigenvalue weighted by molar-refractivity contribution is -0.150.